The highest BCUT2D eigenvalue weighted by atomic mass is 16.5. The summed E-state index contributed by atoms with van der Waals surface area (Å²) in [5.41, 5.74) is 0. The predicted octanol–water partition coefficient (Wildman–Crippen LogP) is 14.5. The second-order valence-corrected chi connectivity index (χ2v) is 15.7. The number of aliphatic carboxylic acids is 1. The fourth-order valence-corrected chi connectivity index (χ4v) is 6.81. The molecule has 0 aliphatic carbocycles. The first kappa shape index (κ1) is 51.6. The van der Waals surface area contributed by atoms with E-state index in [4.69, 9.17) is 9.84 Å². The number of carbonyl (C=O) groups excluding carboxylic acids is 2. The van der Waals surface area contributed by atoms with Crippen molar-refractivity contribution in [3.8, 4) is 0 Å². The summed E-state index contributed by atoms with van der Waals surface area (Å²) in [6.07, 6.45) is 54.5. The summed E-state index contributed by atoms with van der Waals surface area (Å²) in [5, 5.41) is 11.1. The Hall–Kier alpha value is -2.37. The number of amides is 1. The zero-order chi connectivity index (χ0) is 39.4. The van der Waals surface area contributed by atoms with E-state index in [1.54, 1.807) is 0 Å². The van der Waals surface area contributed by atoms with E-state index in [0.29, 0.717) is 12.8 Å². The number of carboxylic acids is 1. The molecule has 1 amide bonds. The highest BCUT2D eigenvalue weighted by Gasteiger charge is 2.11. The lowest BCUT2D eigenvalue weighted by Crippen LogP contribution is -2.28. The molecular formula is C48H87NO5. The summed E-state index contributed by atoms with van der Waals surface area (Å²) >= 11 is 0. The van der Waals surface area contributed by atoms with Gasteiger partial charge in [0, 0.05) is 12.8 Å². The zero-order valence-electron chi connectivity index (χ0n) is 35.6. The van der Waals surface area contributed by atoms with Crippen molar-refractivity contribution in [2.24, 2.45) is 0 Å². The summed E-state index contributed by atoms with van der Waals surface area (Å²) in [7, 11) is 0. The summed E-state index contributed by atoms with van der Waals surface area (Å²) < 4.78 is 5.93. The Morgan fingerprint density at radius 2 is 0.907 bits per heavy atom. The average molecular weight is 758 g/mol. The average Bonchev–Trinajstić information content (AvgIpc) is 3.16. The van der Waals surface area contributed by atoms with Crippen molar-refractivity contribution in [1.82, 2.24) is 5.32 Å². The van der Waals surface area contributed by atoms with Gasteiger partial charge in [-0.15, -0.1) is 0 Å². The molecule has 0 aliphatic rings. The molecule has 0 rings (SSSR count). The monoisotopic (exact) mass is 758 g/mol. The quantitative estimate of drug-likeness (QED) is 0.0367. The number of hydrogen-bond donors (Lipinski definition) is 2. The van der Waals surface area contributed by atoms with Crippen molar-refractivity contribution in [2.45, 2.75) is 245 Å². The SMILES string of the molecule is CCCCC/C=C\C/C=C\C(CCCCCCCCC(=O)NCC(=O)O)OC(=O)CCCCCCCCCCCCC/C=C\CCCCCCCCCC. The lowest BCUT2D eigenvalue weighted by Gasteiger charge is -2.14. The standard InChI is InChI=1S/C48H87NO5/c1-3-5-7-9-11-13-14-15-16-17-18-19-20-21-22-23-24-25-26-27-29-35-39-43-48(53)54-45(40-36-32-28-12-10-8-6-4-2)41-37-33-30-31-34-38-42-46(50)49-44-47(51)52/h12,17-18,28,36,40,45H,3-11,13-16,19-27,29-35,37-39,41-44H2,1-2H3,(H,49,50)(H,51,52)/b18-17-,28-12-,40-36-. The van der Waals surface area contributed by atoms with Gasteiger partial charge in [-0.1, -0.05) is 185 Å². The number of rotatable bonds is 42. The van der Waals surface area contributed by atoms with Crippen LogP contribution in [0.25, 0.3) is 0 Å². The Balaban J connectivity index is 3.97. The second kappa shape index (κ2) is 43.4. The van der Waals surface area contributed by atoms with Crippen LogP contribution in [0, 0.1) is 0 Å². The maximum absolute atomic E-state index is 12.7. The first-order chi connectivity index (χ1) is 26.5. The van der Waals surface area contributed by atoms with Crippen LogP contribution >= 0.6 is 0 Å². The van der Waals surface area contributed by atoms with Crippen molar-refractivity contribution >= 4 is 17.8 Å². The van der Waals surface area contributed by atoms with E-state index in [0.717, 1.165) is 70.6 Å². The highest BCUT2D eigenvalue weighted by Crippen LogP contribution is 2.16. The molecule has 0 saturated heterocycles. The van der Waals surface area contributed by atoms with Crippen molar-refractivity contribution < 1.29 is 24.2 Å². The molecule has 0 bridgehead atoms. The molecule has 6 nitrogen and oxygen atoms in total. The van der Waals surface area contributed by atoms with Gasteiger partial charge in [0.05, 0.1) is 0 Å². The topological polar surface area (TPSA) is 92.7 Å². The Morgan fingerprint density at radius 3 is 1.43 bits per heavy atom. The largest absolute Gasteiger partial charge is 0.480 e. The van der Waals surface area contributed by atoms with Crippen LogP contribution in [0.1, 0.15) is 239 Å². The van der Waals surface area contributed by atoms with Gasteiger partial charge in [0.25, 0.3) is 0 Å². The molecule has 0 saturated carbocycles. The number of carboxylic acid groups (broad SMARTS) is 1. The minimum Gasteiger partial charge on any atom is -0.480 e. The van der Waals surface area contributed by atoms with Crippen LogP contribution in [0.3, 0.4) is 0 Å². The number of unbranched alkanes of at least 4 members (excludes halogenated alkanes) is 27. The first-order valence-electron chi connectivity index (χ1n) is 23.1. The van der Waals surface area contributed by atoms with Crippen LogP contribution in [0.15, 0.2) is 36.5 Å². The van der Waals surface area contributed by atoms with E-state index in [1.165, 1.54) is 141 Å². The Bertz CT molecular complexity index is 926. The summed E-state index contributed by atoms with van der Waals surface area (Å²) in [6.45, 7) is 4.20. The molecular weight excluding hydrogens is 671 g/mol. The third-order valence-corrected chi connectivity index (χ3v) is 10.3. The normalized spacial score (nSPS) is 12.3. The van der Waals surface area contributed by atoms with Gasteiger partial charge < -0.3 is 15.2 Å². The van der Waals surface area contributed by atoms with Crippen molar-refractivity contribution in [1.29, 1.82) is 0 Å². The predicted molar refractivity (Wildman–Crippen MR) is 231 cm³/mol. The van der Waals surface area contributed by atoms with E-state index in [2.05, 4.69) is 55.6 Å². The minimum absolute atomic E-state index is 0.0695. The van der Waals surface area contributed by atoms with Crippen molar-refractivity contribution in [2.75, 3.05) is 6.54 Å². The lowest BCUT2D eigenvalue weighted by molar-refractivity contribution is -0.147. The van der Waals surface area contributed by atoms with Crippen LogP contribution in [0.2, 0.25) is 0 Å². The fourth-order valence-electron chi connectivity index (χ4n) is 6.81. The molecule has 1 atom stereocenters. The van der Waals surface area contributed by atoms with Gasteiger partial charge in [-0.2, -0.15) is 0 Å². The van der Waals surface area contributed by atoms with Crippen LogP contribution in [0.5, 0.6) is 0 Å². The molecule has 314 valence electrons. The van der Waals surface area contributed by atoms with Gasteiger partial charge in [-0.3, -0.25) is 14.4 Å². The van der Waals surface area contributed by atoms with E-state index in [9.17, 15) is 14.4 Å². The number of allylic oxidation sites excluding steroid dienone is 5. The van der Waals surface area contributed by atoms with Crippen LogP contribution in [-0.4, -0.2) is 35.6 Å². The molecule has 0 radical (unpaired) electrons. The number of carbonyl (C=O) groups is 3. The molecule has 2 N–H and O–H groups in total. The molecule has 1 unspecified atom stereocenters. The molecule has 0 aromatic heterocycles. The smallest absolute Gasteiger partial charge is 0.322 e. The number of ether oxygens (including phenoxy) is 1. The van der Waals surface area contributed by atoms with Gasteiger partial charge in [0.2, 0.25) is 5.91 Å². The molecule has 0 spiro atoms. The maximum atomic E-state index is 12.7. The number of esters is 1. The van der Waals surface area contributed by atoms with E-state index >= 15 is 0 Å². The van der Waals surface area contributed by atoms with Gasteiger partial charge in [0.15, 0.2) is 0 Å². The highest BCUT2D eigenvalue weighted by molar-refractivity contribution is 5.80. The van der Waals surface area contributed by atoms with Crippen LogP contribution in [0.4, 0.5) is 0 Å². The number of hydrogen-bond acceptors (Lipinski definition) is 4. The van der Waals surface area contributed by atoms with Gasteiger partial charge in [-0.25, -0.2) is 0 Å². The molecule has 0 aromatic rings. The van der Waals surface area contributed by atoms with Crippen LogP contribution < -0.4 is 5.32 Å². The van der Waals surface area contributed by atoms with Gasteiger partial charge >= 0.3 is 11.9 Å². The van der Waals surface area contributed by atoms with Gasteiger partial charge in [0.1, 0.15) is 12.6 Å². The third kappa shape index (κ3) is 42.4. The third-order valence-electron chi connectivity index (χ3n) is 10.3. The Morgan fingerprint density at radius 1 is 0.500 bits per heavy atom. The van der Waals surface area contributed by atoms with Crippen molar-refractivity contribution in [3.05, 3.63) is 36.5 Å². The first-order valence-corrected chi connectivity index (χ1v) is 23.1. The molecule has 0 aromatic carbocycles. The molecule has 54 heavy (non-hydrogen) atoms. The lowest BCUT2D eigenvalue weighted by atomic mass is 10.0. The van der Waals surface area contributed by atoms with E-state index in [1.807, 2.05) is 0 Å². The Kier molecular flexibility index (Phi) is 41.5. The molecule has 0 fully saturated rings. The summed E-state index contributed by atoms with van der Waals surface area (Å²) in [6, 6.07) is 0. The summed E-state index contributed by atoms with van der Waals surface area (Å²) in [5.74, 6) is -1.28. The zero-order valence-corrected chi connectivity index (χ0v) is 35.6. The fraction of sp³-hybridized carbons (Fsp3) is 0.812. The molecule has 6 heteroatoms. The maximum Gasteiger partial charge on any atom is 0.322 e. The second-order valence-electron chi connectivity index (χ2n) is 15.7. The molecule has 0 aliphatic heterocycles. The minimum atomic E-state index is -1.02. The van der Waals surface area contributed by atoms with Crippen molar-refractivity contribution in [3.63, 3.8) is 0 Å². The molecule has 0 heterocycles. The van der Waals surface area contributed by atoms with Crippen LogP contribution in [-0.2, 0) is 19.1 Å². The van der Waals surface area contributed by atoms with Gasteiger partial charge in [-0.05, 0) is 76.7 Å². The van der Waals surface area contributed by atoms with E-state index in [-0.39, 0.29) is 24.5 Å². The summed E-state index contributed by atoms with van der Waals surface area (Å²) in [4.78, 5) is 34.9. The van der Waals surface area contributed by atoms with E-state index < -0.39 is 5.97 Å². The number of nitrogens with one attached hydrogen (secondary N) is 1. The Labute approximate surface area is 334 Å².